The van der Waals surface area contributed by atoms with Gasteiger partial charge in [0.15, 0.2) is 0 Å². The summed E-state index contributed by atoms with van der Waals surface area (Å²) in [7, 11) is 0. The van der Waals surface area contributed by atoms with Gasteiger partial charge in [-0.3, -0.25) is 4.79 Å². The number of hydrogen-bond acceptors (Lipinski definition) is 4. The van der Waals surface area contributed by atoms with Gasteiger partial charge >= 0.3 is 5.97 Å². The van der Waals surface area contributed by atoms with Crippen molar-refractivity contribution in [1.29, 1.82) is 0 Å². The summed E-state index contributed by atoms with van der Waals surface area (Å²) in [5, 5.41) is 3.22. The lowest BCUT2D eigenvalue weighted by molar-refractivity contribution is -0.149. The smallest absolute Gasteiger partial charge is 0.312 e. The number of esters is 1. The molecule has 5 nitrogen and oxygen atoms in total. The van der Waals surface area contributed by atoms with Crippen LogP contribution in [0.5, 0.6) is 0 Å². The Labute approximate surface area is 94.8 Å². The highest BCUT2D eigenvalue weighted by molar-refractivity contribution is 5.74. The predicted molar refractivity (Wildman–Crippen MR) is 60.2 cm³/mol. The molecule has 0 saturated carbocycles. The third-order valence-corrected chi connectivity index (χ3v) is 2.84. The molecule has 0 aliphatic carbocycles. The number of aromatic nitrogens is 2. The van der Waals surface area contributed by atoms with Gasteiger partial charge in [-0.2, -0.15) is 0 Å². The van der Waals surface area contributed by atoms with E-state index in [9.17, 15) is 4.79 Å². The highest BCUT2D eigenvalue weighted by atomic mass is 16.5. The van der Waals surface area contributed by atoms with Crippen molar-refractivity contribution in [2.45, 2.75) is 33.4 Å². The molecule has 2 unspecified atom stereocenters. The molecular weight excluding hydrogens is 206 g/mol. The SMILES string of the molecule is CCOC(=O)C1Cn2cc(C)nc2NC1C. The van der Waals surface area contributed by atoms with Crippen LogP contribution in [0.1, 0.15) is 19.5 Å². The van der Waals surface area contributed by atoms with Gasteiger partial charge in [0.2, 0.25) is 5.95 Å². The van der Waals surface area contributed by atoms with Crippen molar-refractivity contribution in [3.05, 3.63) is 11.9 Å². The second-order valence-electron chi connectivity index (χ2n) is 4.15. The largest absolute Gasteiger partial charge is 0.466 e. The van der Waals surface area contributed by atoms with Crippen molar-refractivity contribution in [3.63, 3.8) is 0 Å². The molecule has 0 saturated heterocycles. The molecule has 0 spiro atoms. The Morgan fingerprint density at radius 2 is 2.50 bits per heavy atom. The summed E-state index contributed by atoms with van der Waals surface area (Å²) in [5.41, 5.74) is 0.958. The first-order chi connectivity index (χ1) is 7.61. The van der Waals surface area contributed by atoms with Crippen LogP contribution in [0.25, 0.3) is 0 Å². The van der Waals surface area contributed by atoms with Crippen LogP contribution in [0.3, 0.4) is 0 Å². The normalized spacial score (nSPS) is 23.4. The summed E-state index contributed by atoms with van der Waals surface area (Å²) < 4.78 is 7.03. The van der Waals surface area contributed by atoms with Crippen LogP contribution in [0.15, 0.2) is 6.20 Å². The zero-order chi connectivity index (χ0) is 11.7. The first kappa shape index (κ1) is 11.0. The third kappa shape index (κ3) is 1.89. The summed E-state index contributed by atoms with van der Waals surface area (Å²) >= 11 is 0. The minimum atomic E-state index is -0.139. The summed E-state index contributed by atoms with van der Waals surface area (Å²) in [5.74, 6) is 0.561. The number of nitrogens with one attached hydrogen (secondary N) is 1. The fourth-order valence-electron chi connectivity index (χ4n) is 2.00. The molecule has 0 bridgehead atoms. The second-order valence-corrected chi connectivity index (χ2v) is 4.15. The van der Waals surface area contributed by atoms with Crippen molar-refractivity contribution >= 4 is 11.9 Å². The number of anilines is 1. The van der Waals surface area contributed by atoms with Gasteiger partial charge in [0.05, 0.1) is 18.2 Å². The number of nitrogens with zero attached hydrogens (tertiary/aromatic N) is 2. The Hall–Kier alpha value is -1.52. The standard InChI is InChI=1S/C11H17N3O2/c1-4-16-10(15)9-6-14-5-7(2)12-11(14)13-8(9)3/h5,8-9H,4,6H2,1-3H3,(H,12,13). The molecule has 0 radical (unpaired) electrons. The molecule has 2 heterocycles. The molecule has 16 heavy (non-hydrogen) atoms. The summed E-state index contributed by atoms with van der Waals surface area (Å²) in [4.78, 5) is 16.1. The maximum absolute atomic E-state index is 11.7. The van der Waals surface area contributed by atoms with Crippen molar-refractivity contribution < 1.29 is 9.53 Å². The molecule has 1 N–H and O–H groups in total. The number of hydrogen-bond donors (Lipinski definition) is 1. The summed E-state index contributed by atoms with van der Waals surface area (Å²) in [6.07, 6.45) is 1.94. The van der Waals surface area contributed by atoms with Crippen LogP contribution >= 0.6 is 0 Å². The van der Waals surface area contributed by atoms with Crippen LogP contribution in [0.2, 0.25) is 0 Å². The second kappa shape index (κ2) is 4.15. The molecule has 0 amide bonds. The number of imidazole rings is 1. The van der Waals surface area contributed by atoms with Gasteiger partial charge in [-0.25, -0.2) is 4.98 Å². The van der Waals surface area contributed by atoms with Crippen molar-refractivity contribution in [2.24, 2.45) is 5.92 Å². The molecule has 0 fully saturated rings. The number of ether oxygens (including phenoxy) is 1. The number of carbonyl (C=O) groups excluding carboxylic acids is 1. The lowest BCUT2D eigenvalue weighted by Crippen LogP contribution is -2.41. The lowest BCUT2D eigenvalue weighted by Gasteiger charge is -2.29. The molecule has 1 aromatic rings. The van der Waals surface area contributed by atoms with E-state index in [1.807, 2.05) is 31.5 Å². The van der Waals surface area contributed by atoms with E-state index in [0.29, 0.717) is 13.2 Å². The van der Waals surface area contributed by atoms with Gasteiger partial charge in [-0.05, 0) is 20.8 Å². The minimum Gasteiger partial charge on any atom is -0.466 e. The zero-order valence-electron chi connectivity index (χ0n) is 9.86. The van der Waals surface area contributed by atoms with Gasteiger partial charge in [-0.15, -0.1) is 0 Å². The fourth-order valence-corrected chi connectivity index (χ4v) is 2.00. The molecule has 1 aliphatic heterocycles. The average Bonchev–Trinajstić information content (AvgIpc) is 2.56. The van der Waals surface area contributed by atoms with Gasteiger partial charge in [0.1, 0.15) is 0 Å². The molecule has 1 aliphatic rings. The number of aryl methyl sites for hydroxylation is 1. The Morgan fingerprint density at radius 1 is 1.75 bits per heavy atom. The topological polar surface area (TPSA) is 56.2 Å². The molecule has 88 valence electrons. The number of fused-ring (bicyclic) bond motifs is 1. The monoisotopic (exact) mass is 223 g/mol. The van der Waals surface area contributed by atoms with Crippen molar-refractivity contribution in [2.75, 3.05) is 11.9 Å². The number of rotatable bonds is 2. The summed E-state index contributed by atoms with van der Waals surface area (Å²) in [6, 6.07) is 0.0633. The van der Waals surface area contributed by atoms with E-state index in [2.05, 4.69) is 10.3 Å². The third-order valence-electron chi connectivity index (χ3n) is 2.84. The molecular formula is C11H17N3O2. The van der Waals surface area contributed by atoms with Gasteiger partial charge in [-0.1, -0.05) is 0 Å². The van der Waals surface area contributed by atoms with E-state index in [1.54, 1.807) is 0 Å². The Kier molecular flexibility index (Phi) is 2.85. The predicted octanol–water partition coefficient (Wildman–Crippen LogP) is 1.18. The van der Waals surface area contributed by atoms with E-state index in [4.69, 9.17) is 4.74 Å². The van der Waals surface area contributed by atoms with Crippen LogP contribution in [0, 0.1) is 12.8 Å². The number of carbonyl (C=O) groups is 1. The Bertz CT molecular complexity index is 400. The molecule has 5 heteroatoms. The van der Waals surface area contributed by atoms with E-state index < -0.39 is 0 Å². The Morgan fingerprint density at radius 3 is 3.19 bits per heavy atom. The highest BCUT2D eigenvalue weighted by Gasteiger charge is 2.32. The molecule has 1 aromatic heterocycles. The molecule has 2 rings (SSSR count). The molecule has 0 aromatic carbocycles. The maximum atomic E-state index is 11.7. The zero-order valence-corrected chi connectivity index (χ0v) is 9.86. The van der Waals surface area contributed by atoms with Crippen molar-refractivity contribution in [3.8, 4) is 0 Å². The maximum Gasteiger partial charge on any atom is 0.312 e. The van der Waals surface area contributed by atoms with Crippen LogP contribution < -0.4 is 5.32 Å². The first-order valence-corrected chi connectivity index (χ1v) is 5.58. The average molecular weight is 223 g/mol. The van der Waals surface area contributed by atoms with E-state index in [0.717, 1.165) is 11.6 Å². The van der Waals surface area contributed by atoms with Gasteiger partial charge in [0.25, 0.3) is 0 Å². The van der Waals surface area contributed by atoms with Crippen LogP contribution in [0.4, 0.5) is 5.95 Å². The minimum absolute atomic E-state index is 0.0633. The summed E-state index contributed by atoms with van der Waals surface area (Å²) in [6.45, 7) is 6.82. The van der Waals surface area contributed by atoms with Gasteiger partial charge < -0.3 is 14.6 Å². The Balaban J connectivity index is 2.17. The van der Waals surface area contributed by atoms with Gasteiger partial charge in [0, 0.05) is 18.8 Å². The van der Waals surface area contributed by atoms with Crippen molar-refractivity contribution in [1.82, 2.24) is 9.55 Å². The molecule has 2 atom stereocenters. The quantitative estimate of drug-likeness (QED) is 0.765. The fraction of sp³-hybridized carbons (Fsp3) is 0.636. The lowest BCUT2D eigenvalue weighted by atomic mass is 10.00. The van der Waals surface area contributed by atoms with Crippen LogP contribution in [-0.2, 0) is 16.1 Å². The van der Waals surface area contributed by atoms with E-state index >= 15 is 0 Å². The van der Waals surface area contributed by atoms with Crippen LogP contribution in [-0.4, -0.2) is 28.2 Å². The van der Waals surface area contributed by atoms with E-state index in [1.165, 1.54) is 0 Å². The highest BCUT2D eigenvalue weighted by Crippen LogP contribution is 2.23. The van der Waals surface area contributed by atoms with E-state index in [-0.39, 0.29) is 17.9 Å². The first-order valence-electron chi connectivity index (χ1n) is 5.58.